The zero-order valence-electron chi connectivity index (χ0n) is 24.7. The number of Topliss-reactive ketones (excluding diaryl/α,β-unsaturated/α-hetero) is 1. The molecule has 232 valence electrons. The van der Waals surface area contributed by atoms with Crippen LogP contribution in [0, 0.1) is 42.9 Å². The van der Waals surface area contributed by atoms with Gasteiger partial charge in [0, 0.05) is 41.7 Å². The highest BCUT2D eigenvalue weighted by atomic mass is 16.6. The standard InChI is InChI=1S/C35H29N3O8/c1-2-46-33(40)34(22-36)29(23-9-5-3-6-10-23)21-35(41,26-15-19-28(20-16-26)38(44)45)31(30(34)24-11-7-4-8-12-24)32(39)25-13-17-27(18-14-25)37(42)43/h3-20,29-31,41H,2,21H2,1H3/t29-,30+,31+,34-,35+/m1/s1. The normalized spacial score (nSPS) is 23.9. The molecule has 1 N–H and O–H groups in total. The lowest BCUT2D eigenvalue weighted by atomic mass is 9.47. The molecule has 46 heavy (non-hydrogen) atoms. The van der Waals surface area contributed by atoms with Gasteiger partial charge in [-0.25, -0.2) is 0 Å². The zero-order chi connectivity index (χ0) is 33.1. The number of ketones is 1. The number of carbonyl (C=O) groups excluding carboxylic acids is 2. The Balaban J connectivity index is 1.86. The van der Waals surface area contributed by atoms with E-state index in [1.165, 1.54) is 36.4 Å². The molecule has 0 spiro atoms. The lowest BCUT2D eigenvalue weighted by Gasteiger charge is -2.54. The van der Waals surface area contributed by atoms with Gasteiger partial charge in [0.15, 0.2) is 11.2 Å². The van der Waals surface area contributed by atoms with Crippen LogP contribution in [0.15, 0.2) is 109 Å². The second-order valence-electron chi connectivity index (χ2n) is 11.1. The first-order valence-corrected chi connectivity index (χ1v) is 14.5. The van der Waals surface area contributed by atoms with Gasteiger partial charge < -0.3 is 9.84 Å². The van der Waals surface area contributed by atoms with Crippen LogP contribution in [-0.4, -0.2) is 33.3 Å². The minimum atomic E-state index is -2.10. The number of nitrogens with zero attached hydrogens (tertiary/aromatic N) is 3. The maximum absolute atomic E-state index is 14.8. The van der Waals surface area contributed by atoms with Crippen LogP contribution in [-0.2, 0) is 15.1 Å². The average molecular weight is 620 g/mol. The molecule has 11 heteroatoms. The summed E-state index contributed by atoms with van der Waals surface area (Å²) in [6.45, 7) is 1.55. The van der Waals surface area contributed by atoms with Gasteiger partial charge in [-0.05, 0) is 54.3 Å². The highest BCUT2D eigenvalue weighted by Gasteiger charge is 2.67. The van der Waals surface area contributed by atoms with Gasteiger partial charge in [0.2, 0.25) is 0 Å². The molecule has 4 aromatic carbocycles. The molecule has 0 bridgehead atoms. The molecule has 0 saturated heterocycles. The Hall–Kier alpha value is -5.73. The first-order valence-electron chi connectivity index (χ1n) is 14.5. The van der Waals surface area contributed by atoms with Crippen molar-refractivity contribution < 1.29 is 29.3 Å². The number of benzene rings is 4. The van der Waals surface area contributed by atoms with E-state index >= 15 is 0 Å². The fourth-order valence-electron chi connectivity index (χ4n) is 6.71. The van der Waals surface area contributed by atoms with Crippen LogP contribution in [0.1, 0.15) is 52.2 Å². The third-order valence-electron chi connectivity index (χ3n) is 8.79. The molecule has 1 aliphatic rings. The Labute approximate surface area is 264 Å². The fraction of sp³-hybridized carbons (Fsp3) is 0.229. The molecule has 0 radical (unpaired) electrons. The Kier molecular flexibility index (Phi) is 8.76. The molecule has 4 aromatic rings. The van der Waals surface area contributed by atoms with Crippen LogP contribution in [0.2, 0.25) is 0 Å². The average Bonchev–Trinajstić information content (AvgIpc) is 3.08. The van der Waals surface area contributed by atoms with E-state index in [-0.39, 0.29) is 35.5 Å². The van der Waals surface area contributed by atoms with E-state index in [0.29, 0.717) is 11.1 Å². The minimum Gasteiger partial charge on any atom is -0.465 e. The van der Waals surface area contributed by atoms with E-state index in [9.17, 15) is 40.2 Å². The Morgan fingerprint density at radius 1 is 0.848 bits per heavy atom. The highest BCUT2D eigenvalue weighted by Crippen LogP contribution is 2.63. The SMILES string of the molecule is CCOC(=O)[C@]1(C#N)[C@@H](c2ccccc2)C[C@](O)(c2ccc([N+](=O)[O-])cc2)[C@H](C(=O)c2ccc([N+](=O)[O-])cc2)[C@@H]1c1ccccc1. The van der Waals surface area contributed by atoms with Crippen molar-refractivity contribution in [1.29, 1.82) is 5.26 Å². The number of carbonyl (C=O) groups is 2. The van der Waals surface area contributed by atoms with Crippen molar-refractivity contribution in [2.45, 2.75) is 30.8 Å². The molecule has 1 fully saturated rings. The van der Waals surface area contributed by atoms with Crippen molar-refractivity contribution in [3.63, 3.8) is 0 Å². The van der Waals surface area contributed by atoms with E-state index in [1.807, 2.05) is 0 Å². The second kappa shape index (κ2) is 12.7. The van der Waals surface area contributed by atoms with Crippen LogP contribution in [0.3, 0.4) is 0 Å². The maximum Gasteiger partial charge on any atom is 0.327 e. The molecule has 0 aromatic heterocycles. The monoisotopic (exact) mass is 619 g/mol. The molecule has 1 aliphatic carbocycles. The predicted molar refractivity (Wildman–Crippen MR) is 166 cm³/mol. The predicted octanol–water partition coefficient (Wildman–Crippen LogP) is 6.23. The van der Waals surface area contributed by atoms with Crippen molar-refractivity contribution >= 4 is 23.1 Å². The minimum absolute atomic E-state index is 0.00530. The quantitative estimate of drug-likeness (QED) is 0.0985. The number of rotatable bonds is 9. The summed E-state index contributed by atoms with van der Waals surface area (Å²) in [4.78, 5) is 50.6. The van der Waals surface area contributed by atoms with Crippen LogP contribution >= 0.6 is 0 Å². The zero-order valence-corrected chi connectivity index (χ0v) is 24.7. The lowest BCUT2D eigenvalue weighted by molar-refractivity contribution is -0.385. The summed E-state index contributed by atoms with van der Waals surface area (Å²) >= 11 is 0. The number of hydrogen-bond donors (Lipinski definition) is 1. The lowest BCUT2D eigenvalue weighted by Crippen LogP contribution is -2.59. The van der Waals surface area contributed by atoms with Crippen molar-refractivity contribution in [1.82, 2.24) is 0 Å². The third-order valence-corrected chi connectivity index (χ3v) is 8.79. The Bertz CT molecular complexity index is 1810. The number of nitro benzene ring substituents is 2. The molecule has 0 heterocycles. The molecule has 5 rings (SSSR count). The van der Waals surface area contributed by atoms with E-state index in [0.717, 1.165) is 12.1 Å². The molecule has 11 nitrogen and oxygen atoms in total. The van der Waals surface area contributed by atoms with Gasteiger partial charge in [-0.15, -0.1) is 0 Å². The number of nitro groups is 2. The van der Waals surface area contributed by atoms with Crippen LogP contribution in [0.25, 0.3) is 0 Å². The summed E-state index contributed by atoms with van der Waals surface area (Å²) in [6, 6.07) is 29.4. The summed E-state index contributed by atoms with van der Waals surface area (Å²) in [5, 5.41) is 46.9. The number of ether oxygens (including phenoxy) is 1. The van der Waals surface area contributed by atoms with Gasteiger partial charge in [0.05, 0.1) is 28.4 Å². The fourth-order valence-corrected chi connectivity index (χ4v) is 6.71. The van der Waals surface area contributed by atoms with E-state index < -0.39 is 50.4 Å². The molecule has 5 atom stereocenters. The summed E-state index contributed by atoms with van der Waals surface area (Å²) in [5.74, 6) is -5.39. The summed E-state index contributed by atoms with van der Waals surface area (Å²) < 4.78 is 5.57. The van der Waals surface area contributed by atoms with Gasteiger partial charge in [-0.2, -0.15) is 5.26 Å². The Morgan fingerprint density at radius 3 is 1.83 bits per heavy atom. The van der Waals surface area contributed by atoms with Gasteiger partial charge in [-0.3, -0.25) is 29.8 Å². The van der Waals surface area contributed by atoms with Crippen LogP contribution in [0.4, 0.5) is 11.4 Å². The molecule has 0 amide bonds. The van der Waals surface area contributed by atoms with Gasteiger partial charge in [0.1, 0.15) is 5.60 Å². The topological polar surface area (TPSA) is 174 Å². The van der Waals surface area contributed by atoms with Crippen LogP contribution in [0.5, 0.6) is 0 Å². The second-order valence-corrected chi connectivity index (χ2v) is 11.1. The number of non-ortho nitro benzene ring substituents is 2. The molecule has 0 unspecified atom stereocenters. The van der Waals surface area contributed by atoms with Crippen molar-refractivity contribution in [2.75, 3.05) is 6.61 Å². The summed E-state index contributed by atoms with van der Waals surface area (Å²) in [5.41, 5.74) is -3.51. The largest absolute Gasteiger partial charge is 0.465 e. The number of esters is 1. The van der Waals surface area contributed by atoms with Gasteiger partial charge in [0.25, 0.3) is 11.4 Å². The highest BCUT2D eigenvalue weighted by molar-refractivity contribution is 6.01. The van der Waals surface area contributed by atoms with Gasteiger partial charge >= 0.3 is 5.97 Å². The van der Waals surface area contributed by atoms with Crippen molar-refractivity contribution in [3.8, 4) is 6.07 Å². The maximum atomic E-state index is 14.8. The summed E-state index contributed by atoms with van der Waals surface area (Å²) in [7, 11) is 0. The van der Waals surface area contributed by atoms with Crippen molar-refractivity contribution in [2.24, 2.45) is 11.3 Å². The van der Waals surface area contributed by atoms with Crippen LogP contribution < -0.4 is 0 Å². The first-order chi connectivity index (χ1) is 22.1. The van der Waals surface area contributed by atoms with E-state index in [4.69, 9.17) is 4.74 Å². The molecular formula is C35H29N3O8. The van der Waals surface area contributed by atoms with Crippen molar-refractivity contribution in [3.05, 3.63) is 152 Å². The molecular weight excluding hydrogens is 590 g/mol. The van der Waals surface area contributed by atoms with E-state index in [2.05, 4.69) is 6.07 Å². The molecule has 0 aliphatic heterocycles. The van der Waals surface area contributed by atoms with Gasteiger partial charge in [-0.1, -0.05) is 60.7 Å². The molecule has 1 saturated carbocycles. The first kappa shape index (κ1) is 31.7. The smallest absolute Gasteiger partial charge is 0.327 e. The number of hydrogen-bond acceptors (Lipinski definition) is 9. The Morgan fingerprint density at radius 2 is 1.35 bits per heavy atom. The van der Waals surface area contributed by atoms with E-state index in [1.54, 1.807) is 67.6 Å². The number of nitriles is 1. The summed E-state index contributed by atoms with van der Waals surface area (Å²) in [6.07, 6.45) is -0.312. The third kappa shape index (κ3) is 5.39. The number of aliphatic hydroxyl groups is 1.